The van der Waals surface area contributed by atoms with Crippen LogP contribution in [0.15, 0.2) is 54.7 Å². The lowest BCUT2D eigenvalue weighted by Gasteiger charge is -2.15. The molecule has 6 nitrogen and oxygen atoms in total. The van der Waals surface area contributed by atoms with Gasteiger partial charge in [-0.15, -0.1) is 0 Å². The number of carbonyl (C=O) groups excluding carboxylic acids is 2. The molecule has 3 aromatic rings. The van der Waals surface area contributed by atoms with Gasteiger partial charge in [0.2, 0.25) is 0 Å². The number of para-hydroxylation sites is 2. The van der Waals surface area contributed by atoms with Crippen molar-refractivity contribution in [3.8, 4) is 5.75 Å². The molecular formula is C22H25N3O3. The molecule has 0 saturated carbocycles. The van der Waals surface area contributed by atoms with E-state index in [1.165, 1.54) is 0 Å². The van der Waals surface area contributed by atoms with Crippen molar-refractivity contribution in [1.82, 2.24) is 15.4 Å². The summed E-state index contributed by atoms with van der Waals surface area (Å²) in [5.41, 5.74) is 7.39. The second-order valence-corrected chi connectivity index (χ2v) is 6.81. The van der Waals surface area contributed by atoms with Gasteiger partial charge in [0.1, 0.15) is 5.75 Å². The first-order valence-corrected chi connectivity index (χ1v) is 9.36. The lowest BCUT2D eigenvalue weighted by atomic mass is 9.98. The van der Waals surface area contributed by atoms with Gasteiger partial charge >= 0.3 is 0 Å². The van der Waals surface area contributed by atoms with Crippen LogP contribution in [0.3, 0.4) is 0 Å². The highest BCUT2D eigenvalue weighted by molar-refractivity contribution is 6.07. The van der Waals surface area contributed by atoms with Gasteiger partial charge in [0.25, 0.3) is 11.8 Å². The van der Waals surface area contributed by atoms with Crippen molar-refractivity contribution in [2.45, 2.75) is 26.2 Å². The first-order valence-electron chi connectivity index (χ1n) is 9.36. The number of amides is 2. The number of fused-ring (bicyclic) bond motifs is 1. The van der Waals surface area contributed by atoms with Gasteiger partial charge in [-0.05, 0) is 30.0 Å². The van der Waals surface area contributed by atoms with Crippen molar-refractivity contribution in [2.24, 2.45) is 7.05 Å². The molecule has 0 aliphatic carbocycles. The topological polar surface area (TPSA) is 72.4 Å². The van der Waals surface area contributed by atoms with Crippen LogP contribution in [-0.4, -0.2) is 23.0 Å². The standard InChI is InChI=1S/C22H25N3O3/c1-4-15(2)16-9-6-8-12-20(16)28-14-21(26)23-24-22(27)18-13-25(3)19-11-7-5-10-17(18)19/h5-13,15H,4,14H2,1-3H3,(H,23,26)(H,24,27). The molecule has 1 unspecified atom stereocenters. The Labute approximate surface area is 164 Å². The lowest BCUT2D eigenvalue weighted by molar-refractivity contribution is -0.123. The van der Waals surface area contributed by atoms with Gasteiger partial charge in [-0.1, -0.05) is 50.2 Å². The Morgan fingerprint density at radius 2 is 1.79 bits per heavy atom. The van der Waals surface area contributed by atoms with Gasteiger partial charge in [0.15, 0.2) is 6.61 Å². The Balaban J connectivity index is 1.58. The normalized spacial score (nSPS) is 11.8. The highest BCUT2D eigenvalue weighted by Crippen LogP contribution is 2.28. The summed E-state index contributed by atoms with van der Waals surface area (Å²) < 4.78 is 7.54. The quantitative estimate of drug-likeness (QED) is 0.644. The lowest BCUT2D eigenvalue weighted by Crippen LogP contribution is -2.43. The molecule has 0 fully saturated rings. The molecule has 3 rings (SSSR count). The van der Waals surface area contributed by atoms with Crippen molar-refractivity contribution in [2.75, 3.05) is 6.61 Å². The number of aryl methyl sites for hydroxylation is 1. The third-order valence-corrected chi connectivity index (χ3v) is 4.88. The Morgan fingerprint density at radius 3 is 2.57 bits per heavy atom. The fourth-order valence-corrected chi connectivity index (χ4v) is 3.13. The third-order valence-electron chi connectivity index (χ3n) is 4.88. The van der Waals surface area contributed by atoms with Crippen LogP contribution in [0.1, 0.15) is 42.1 Å². The van der Waals surface area contributed by atoms with E-state index in [1.807, 2.05) is 60.1 Å². The van der Waals surface area contributed by atoms with Crippen LogP contribution in [0.25, 0.3) is 10.9 Å². The predicted octanol–water partition coefficient (Wildman–Crippen LogP) is 3.53. The number of ether oxygens (including phenoxy) is 1. The van der Waals surface area contributed by atoms with E-state index in [9.17, 15) is 9.59 Å². The van der Waals surface area contributed by atoms with E-state index in [2.05, 4.69) is 24.7 Å². The van der Waals surface area contributed by atoms with E-state index in [0.717, 1.165) is 22.9 Å². The average molecular weight is 379 g/mol. The minimum Gasteiger partial charge on any atom is -0.483 e. The highest BCUT2D eigenvalue weighted by atomic mass is 16.5. The van der Waals surface area contributed by atoms with Crippen LogP contribution in [0, 0.1) is 0 Å². The maximum Gasteiger partial charge on any atom is 0.276 e. The van der Waals surface area contributed by atoms with Gasteiger partial charge < -0.3 is 9.30 Å². The van der Waals surface area contributed by atoms with Crippen molar-refractivity contribution in [3.05, 3.63) is 65.9 Å². The fraction of sp³-hybridized carbons (Fsp3) is 0.273. The van der Waals surface area contributed by atoms with Gasteiger partial charge in [0, 0.05) is 24.1 Å². The monoisotopic (exact) mass is 379 g/mol. The first-order chi connectivity index (χ1) is 13.5. The van der Waals surface area contributed by atoms with Crippen molar-refractivity contribution >= 4 is 22.7 Å². The number of rotatable bonds is 6. The van der Waals surface area contributed by atoms with Crippen molar-refractivity contribution < 1.29 is 14.3 Å². The first kappa shape index (κ1) is 19.5. The molecule has 0 saturated heterocycles. The number of hydrazine groups is 1. The maximum absolute atomic E-state index is 12.5. The summed E-state index contributed by atoms with van der Waals surface area (Å²) in [6, 6.07) is 15.3. The molecule has 0 aliphatic heterocycles. The Hall–Kier alpha value is -3.28. The van der Waals surface area contributed by atoms with Crippen molar-refractivity contribution in [1.29, 1.82) is 0 Å². The molecule has 1 heterocycles. The highest BCUT2D eigenvalue weighted by Gasteiger charge is 2.15. The summed E-state index contributed by atoms with van der Waals surface area (Å²) in [5, 5.41) is 0.829. The van der Waals surface area contributed by atoms with E-state index in [4.69, 9.17) is 4.74 Å². The zero-order chi connectivity index (χ0) is 20.1. The van der Waals surface area contributed by atoms with Crippen LogP contribution < -0.4 is 15.6 Å². The summed E-state index contributed by atoms with van der Waals surface area (Å²) in [6.45, 7) is 4.05. The van der Waals surface area contributed by atoms with Gasteiger partial charge in [-0.25, -0.2) is 0 Å². The number of hydrogen-bond donors (Lipinski definition) is 2. The van der Waals surface area contributed by atoms with Crippen LogP contribution >= 0.6 is 0 Å². The van der Waals surface area contributed by atoms with Crippen LogP contribution in [0.5, 0.6) is 5.75 Å². The largest absolute Gasteiger partial charge is 0.483 e. The smallest absolute Gasteiger partial charge is 0.276 e. The van der Waals surface area contributed by atoms with E-state index >= 15 is 0 Å². The number of nitrogens with one attached hydrogen (secondary N) is 2. The molecule has 2 N–H and O–H groups in total. The van der Waals surface area contributed by atoms with E-state index in [0.29, 0.717) is 17.2 Å². The zero-order valence-electron chi connectivity index (χ0n) is 16.4. The molecule has 0 radical (unpaired) electrons. The maximum atomic E-state index is 12.5. The predicted molar refractivity (Wildman–Crippen MR) is 109 cm³/mol. The Kier molecular flexibility index (Phi) is 5.99. The minimum absolute atomic E-state index is 0.177. The Bertz CT molecular complexity index is 994. The van der Waals surface area contributed by atoms with Crippen LogP contribution in [-0.2, 0) is 11.8 Å². The number of hydrogen-bond acceptors (Lipinski definition) is 3. The van der Waals surface area contributed by atoms with E-state index in [1.54, 1.807) is 6.20 Å². The molecule has 6 heteroatoms. The van der Waals surface area contributed by atoms with Gasteiger partial charge in [-0.2, -0.15) is 0 Å². The molecule has 28 heavy (non-hydrogen) atoms. The second-order valence-electron chi connectivity index (χ2n) is 6.81. The molecule has 1 atom stereocenters. The summed E-state index contributed by atoms with van der Waals surface area (Å²) >= 11 is 0. The molecule has 0 spiro atoms. The van der Waals surface area contributed by atoms with Gasteiger partial charge in [-0.3, -0.25) is 20.4 Å². The SMILES string of the molecule is CCC(C)c1ccccc1OCC(=O)NNC(=O)c1cn(C)c2ccccc12. The molecule has 0 bridgehead atoms. The molecule has 0 aliphatic rings. The molecular weight excluding hydrogens is 354 g/mol. The number of aromatic nitrogens is 1. The second kappa shape index (κ2) is 8.61. The Morgan fingerprint density at radius 1 is 1.07 bits per heavy atom. The fourth-order valence-electron chi connectivity index (χ4n) is 3.13. The summed E-state index contributed by atoms with van der Waals surface area (Å²) in [6.07, 6.45) is 2.72. The van der Waals surface area contributed by atoms with E-state index < -0.39 is 5.91 Å². The zero-order valence-corrected chi connectivity index (χ0v) is 16.4. The molecule has 146 valence electrons. The minimum atomic E-state index is -0.424. The summed E-state index contributed by atoms with van der Waals surface area (Å²) in [7, 11) is 1.88. The summed E-state index contributed by atoms with van der Waals surface area (Å²) in [5.74, 6) is 0.232. The number of carbonyl (C=O) groups is 2. The summed E-state index contributed by atoms with van der Waals surface area (Å²) in [4.78, 5) is 24.6. The van der Waals surface area contributed by atoms with Crippen molar-refractivity contribution in [3.63, 3.8) is 0 Å². The third kappa shape index (κ3) is 4.17. The average Bonchev–Trinajstić information content (AvgIpc) is 3.07. The number of nitrogens with zero attached hydrogens (tertiary/aromatic N) is 1. The van der Waals surface area contributed by atoms with E-state index in [-0.39, 0.29) is 12.5 Å². The molecule has 2 aromatic carbocycles. The van der Waals surface area contributed by atoms with Crippen LogP contribution in [0.2, 0.25) is 0 Å². The molecule has 1 aromatic heterocycles. The van der Waals surface area contributed by atoms with Gasteiger partial charge in [0.05, 0.1) is 5.56 Å². The molecule has 2 amide bonds. The number of benzene rings is 2. The van der Waals surface area contributed by atoms with Crippen LogP contribution in [0.4, 0.5) is 0 Å².